The molecule has 0 saturated heterocycles. The number of halogens is 1. The van der Waals surface area contributed by atoms with Crippen molar-refractivity contribution in [3.05, 3.63) is 29.8 Å². The van der Waals surface area contributed by atoms with E-state index < -0.39 is 5.24 Å². The van der Waals surface area contributed by atoms with Crippen LogP contribution in [0, 0.1) is 0 Å². The molecule has 1 rings (SSSR count). The molecule has 146 valence electrons. The fourth-order valence-corrected chi connectivity index (χ4v) is 1.52. The monoisotopic (exact) mass is 420 g/mol. The lowest BCUT2D eigenvalue weighted by molar-refractivity contribution is 0.0988. The molecule has 0 unspecified atom stereocenters. The van der Waals surface area contributed by atoms with Crippen molar-refractivity contribution in [3.8, 4) is 0 Å². The molecule has 0 aliphatic rings. The van der Waals surface area contributed by atoms with Crippen LogP contribution < -0.4 is 5.73 Å². The molecule has 0 atom stereocenters. The van der Waals surface area contributed by atoms with Gasteiger partial charge in [-0.25, -0.2) is 0 Å². The topological polar surface area (TPSA) is 88.2 Å². The largest absolute Gasteiger partial charge is 0.398 e. The summed E-state index contributed by atoms with van der Waals surface area (Å²) in [5.41, 5.74) is 5.63. The van der Waals surface area contributed by atoms with Crippen LogP contribution in [0.25, 0.3) is 0 Å². The second kappa shape index (κ2) is 13.4. The van der Waals surface area contributed by atoms with Gasteiger partial charge in [0.05, 0.1) is 5.69 Å². The van der Waals surface area contributed by atoms with Crippen LogP contribution in [0.5, 0.6) is 0 Å². The van der Waals surface area contributed by atoms with Crippen LogP contribution in [0.2, 0.25) is 0 Å². The molecular formula is C16H25ClN4O3S2. The first kappa shape index (κ1) is 26.4. The van der Waals surface area contributed by atoms with Gasteiger partial charge in [0.25, 0.3) is 16.4 Å². The molecule has 0 radical (unpaired) electrons. The summed E-state index contributed by atoms with van der Waals surface area (Å²) < 4.78 is 5.55. The molecule has 0 bridgehead atoms. The number of primary amides is 1. The van der Waals surface area contributed by atoms with Gasteiger partial charge in [0.2, 0.25) is 0 Å². The van der Waals surface area contributed by atoms with Crippen molar-refractivity contribution in [2.24, 2.45) is 10.7 Å². The van der Waals surface area contributed by atoms with E-state index in [2.05, 4.69) is 23.4 Å². The van der Waals surface area contributed by atoms with Crippen LogP contribution in [0.3, 0.4) is 0 Å². The highest BCUT2D eigenvalue weighted by Crippen LogP contribution is 2.16. The molecule has 1 amide bonds. The lowest BCUT2D eigenvalue weighted by Gasteiger charge is -2.19. The van der Waals surface area contributed by atoms with Crippen LogP contribution in [0.15, 0.2) is 29.3 Å². The number of hydrogen-bond donors (Lipinski definition) is 2. The number of carbonyl (C=O) groups excluding carboxylic acids is 2. The molecule has 7 nitrogen and oxygen atoms in total. The molecule has 0 saturated carbocycles. The van der Waals surface area contributed by atoms with Gasteiger partial charge in [0.15, 0.2) is 5.78 Å². The van der Waals surface area contributed by atoms with Crippen molar-refractivity contribution in [3.63, 3.8) is 0 Å². The Kier molecular flexibility index (Phi) is 13.6. The zero-order chi connectivity index (χ0) is 19.6. The number of ether oxygens (including phenoxy) is 1. The minimum atomic E-state index is -0.639. The molecule has 0 aliphatic carbocycles. The van der Waals surface area contributed by atoms with Gasteiger partial charge in [-0.2, -0.15) is 4.99 Å². The first-order valence-corrected chi connectivity index (χ1v) is 8.20. The smallest absolute Gasteiger partial charge is 0.299 e. The van der Waals surface area contributed by atoms with E-state index in [1.165, 1.54) is 0 Å². The summed E-state index contributed by atoms with van der Waals surface area (Å²) in [7, 11) is 7.24. The lowest BCUT2D eigenvalue weighted by Crippen LogP contribution is -2.32. The Hall–Kier alpha value is -1.84. The molecule has 0 spiro atoms. The van der Waals surface area contributed by atoms with Gasteiger partial charge in [0, 0.05) is 40.2 Å². The molecular weight excluding hydrogens is 396 g/mol. The fraction of sp³-hybridized carbons (Fsp3) is 0.375. The number of amidine groups is 1. The number of carbonyl (C=O) groups is 2. The number of nitrogens with zero attached hydrogens (tertiary/aromatic N) is 3. The summed E-state index contributed by atoms with van der Waals surface area (Å²) in [6, 6.07) is 7.52. The van der Waals surface area contributed by atoms with Crippen LogP contribution in [0.1, 0.15) is 23.7 Å². The van der Waals surface area contributed by atoms with Crippen molar-refractivity contribution >= 4 is 65.2 Å². The van der Waals surface area contributed by atoms with Crippen LogP contribution in [-0.2, 0) is 4.74 Å². The number of benzene rings is 1. The third kappa shape index (κ3) is 10.9. The average Bonchev–Trinajstić information content (AvgIpc) is 2.52. The van der Waals surface area contributed by atoms with E-state index in [-0.39, 0.29) is 18.2 Å². The Morgan fingerprint density at radius 1 is 1.23 bits per heavy atom. The quantitative estimate of drug-likeness (QED) is 0.257. The Bertz CT molecular complexity index is 648. The Morgan fingerprint density at radius 3 is 2.19 bits per heavy atom. The number of thiocarbonyl (C=S) groups is 1. The first-order valence-electron chi connectivity index (χ1n) is 7.35. The Morgan fingerprint density at radius 2 is 1.77 bits per heavy atom. The number of amides is 1. The van der Waals surface area contributed by atoms with Crippen molar-refractivity contribution in [2.45, 2.75) is 13.3 Å². The number of thiol groups is 1. The van der Waals surface area contributed by atoms with E-state index in [1.807, 2.05) is 27.1 Å². The number of rotatable bonds is 3. The van der Waals surface area contributed by atoms with Crippen molar-refractivity contribution < 1.29 is 14.3 Å². The highest BCUT2D eigenvalue weighted by Gasteiger charge is 2.10. The summed E-state index contributed by atoms with van der Waals surface area (Å²) in [6.07, 6.45) is 0.467. The minimum Gasteiger partial charge on any atom is -0.398 e. The molecule has 0 fully saturated rings. The molecule has 2 N–H and O–H groups in total. The number of aliphatic imine (C=N–C) groups is 1. The molecule has 0 aliphatic heterocycles. The van der Waals surface area contributed by atoms with Crippen molar-refractivity contribution in [1.29, 1.82) is 0 Å². The Balaban J connectivity index is 0. The van der Waals surface area contributed by atoms with Gasteiger partial charge in [-0.1, -0.05) is 31.7 Å². The summed E-state index contributed by atoms with van der Waals surface area (Å²) in [5, 5.41) is -0.316. The summed E-state index contributed by atoms with van der Waals surface area (Å²) in [5.74, 6) is 0.0863. The molecule has 0 heterocycles. The maximum atomic E-state index is 11.7. The Labute approximate surface area is 171 Å². The van der Waals surface area contributed by atoms with E-state index in [9.17, 15) is 4.79 Å². The van der Waals surface area contributed by atoms with Crippen LogP contribution in [-0.4, -0.2) is 60.2 Å². The van der Waals surface area contributed by atoms with Crippen molar-refractivity contribution in [2.75, 3.05) is 28.2 Å². The second-order valence-electron chi connectivity index (χ2n) is 5.22. The minimum absolute atomic E-state index is 0. The normalized spacial score (nSPS) is 9.85. The number of nitrogens with two attached hydrogens (primary N) is 1. The molecule has 0 aromatic heterocycles. The van der Waals surface area contributed by atoms with Crippen LogP contribution >= 0.6 is 37.3 Å². The predicted octanol–water partition coefficient (Wildman–Crippen LogP) is 3.11. The average molecular weight is 421 g/mol. The highest BCUT2D eigenvalue weighted by atomic mass is 35.5. The zero-order valence-electron chi connectivity index (χ0n) is 15.4. The van der Waals surface area contributed by atoms with E-state index in [4.69, 9.17) is 21.7 Å². The standard InChI is InChI=1S/C15H21N3O2S.CH3NOS.ClH/c1-6-13(19)11-8-7-9-12(10-11)16-14(17(2)3)20-15(21)18(4)5;2-1(3)4;/h7-10H,6H2,1-5H3;(H3,2,3,4);1H. The highest BCUT2D eigenvalue weighted by molar-refractivity contribution is 7.96. The van der Waals surface area contributed by atoms with Gasteiger partial charge < -0.3 is 20.3 Å². The van der Waals surface area contributed by atoms with E-state index in [1.54, 1.807) is 42.1 Å². The first-order chi connectivity index (χ1) is 11.6. The molecule has 10 heteroatoms. The number of hydrogen-bond acceptors (Lipinski definition) is 5. The summed E-state index contributed by atoms with van der Waals surface area (Å²) in [4.78, 5) is 28.6. The van der Waals surface area contributed by atoms with Crippen LogP contribution in [0.4, 0.5) is 10.5 Å². The molecule has 26 heavy (non-hydrogen) atoms. The maximum absolute atomic E-state index is 11.7. The summed E-state index contributed by atoms with van der Waals surface area (Å²) >= 11 is 8.22. The van der Waals surface area contributed by atoms with Gasteiger partial charge >= 0.3 is 0 Å². The second-order valence-corrected chi connectivity index (χ2v) is 6.01. The van der Waals surface area contributed by atoms with E-state index >= 15 is 0 Å². The zero-order valence-corrected chi connectivity index (χ0v) is 18.0. The molecule has 1 aromatic rings. The number of ketones is 1. The van der Waals surface area contributed by atoms with Crippen molar-refractivity contribution in [1.82, 2.24) is 9.80 Å². The predicted molar refractivity (Wildman–Crippen MR) is 115 cm³/mol. The SMILES string of the molecule is CCC(=O)c1cccc(N=C(OC(=S)N(C)C)N(C)C)c1.Cl.NC(=O)S. The number of Topliss-reactive ketones (excluding diaryl/α,β-unsaturated/α-hetero) is 1. The molecule has 1 aromatic carbocycles. The van der Waals surface area contributed by atoms with E-state index in [0.717, 1.165) is 0 Å². The maximum Gasteiger partial charge on any atom is 0.299 e. The third-order valence-corrected chi connectivity index (χ3v) is 3.09. The van der Waals surface area contributed by atoms with Gasteiger partial charge in [-0.3, -0.25) is 9.59 Å². The lowest BCUT2D eigenvalue weighted by atomic mass is 10.1. The third-order valence-electron chi connectivity index (χ3n) is 2.64. The van der Waals surface area contributed by atoms with Gasteiger partial charge in [-0.05, 0) is 24.4 Å². The van der Waals surface area contributed by atoms with E-state index in [0.29, 0.717) is 28.9 Å². The summed E-state index contributed by atoms with van der Waals surface area (Å²) in [6.45, 7) is 1.84. The van der Waals surface area contributed by atoms with Gasteiger partial charge in [0.1, 0.15) is 0 Å². The van der Waals surface area contributed by atoms with Gasteiger partial charge in [-0.15, -0.1) is 12.4 Å². The fourth-order valence-electron chi connectivity index (χ4n) is 1.45.